The van der Waals surface area contributed by atoms with Gasteiger partial charge in [-0.1, -0.05) is 17.5 Å². The van der Waals surface area contributed by atoms with E-state index in [0.29, 0.717) is 17.0 Å². The number of carbonyl (C=O) groups is 1. The Balaban J connectivity index is 3.03. The van der Waals surface area contributed by atoms with Gasteiger partial charge in [0.05, 0.1) is 5.56 Å². The van der Waals surface area contributed by atoms with Gasteiger partial charge < -0.3 is 0 Å². The molecule has 1 aromatic rings. The molecule has 0 spiro atoms. The van der Waals surface area contributed by atoms with Crippen LogP contribution in [0.2, 0.25) is 5.15 Å². The smallest absolute Gasteiger partial charge is 0.193 e. The van der Waals surface area contributed by atoms with Crippen LogP contribution in [0.1, 0.15) is 5.56 Å². The highest BCUT2D eigenvalue weighted by Gasteiger charge is 1.93. The SMILES string of the molecule is O=CC#Cc1cccnc1Cl. The maximum Gasteiger partial charge on any atom is 0.193 e. The van der Waals surface area contributed by atoms with Crippen LogP contribution < -0.4 is 0 Å². The molecular formula is C8H4ClNO. The van der Waals surface area contributed by atoms with Crippen molar-refractivity contribution in [3.63, 3.8) is 0 Å². The van der Waals surface area contributed by atoms with Crippen molar-refractivity contribution in [3.8, 4) is 11.8 Å². The number of hydrogen-bond acceptors (Lipinski definition) is 2. The first-order valence-corrected chi connectivity index (χ1v) is 3.28. The van der Waals surface area contributed by atoms with Crippen molar-refractivity contribution in [2.75, 3.05) is 0 Å². The molecule has 0 aromatic carbocycles. The lowest BCUT2D eigenvalue weighted by Crippen LogP contribution is -1.79. The molecule has 0 atom stereocenters. The summed E-state index contributed by atoms with van der Waals surface area (Å²) < 4.78 is 0. The standard InChI is InChI=1S/C8H4ClNO/c9-8-7(4-2-6-11)3-1-5-10-8/h1,3,5-6H. The van der Waals surface area contributed by atoms with Crippen LogP contribution in [0.15, 0.2) is 18.3 Å². The van der Waals surface area contributed by atoms with Gasteiger partial charge in [-0.3, -0.25) is 4.79 Å². The number of aldehydes is 1. The second kappa shape index (κ2) is 3.75. The predicted molar refractivity (Wildman–Crippen MR) is 42.2 cm³/mol. The van der Waals surface area contributed by atoms with Gasteiger partial charge in [0.2, 0.25) is 0 Å². The summed E-state index contributed by atoms with van der Waals surface area (Å²) >= 11 is 5.63. The molecule has 0 saturated carbocycles. The van der Waals surface area contributed by atoms with Crippen LogP contribution in [0.4, 0.5) is 0 Å². The highest BCUT2D eigenvalue weighted by Crippen LogP contribution is 2.08. The maximum atomic E-state index is 9.85. The van der Waals surface area contributed by atoms with Gasteiger partial charge in [-0.2, -0.15) is 0 Å². The number of halogens is 1. The van der Waals surface area contributed by atoms with Gasteiger partial charge in [-0.05, 0) is 18.1 Å². The topological polar surface area (TPSA) is 30.0 Å². The molecule has 0 unspecified atom stereocenters. The van der Waals surface area contributed by atoms with Crippen molar-refractivity contribution >= 4 is 17.9 Å². The van der Waals surface area contributed by atoms with Gasteiger partial charge in [-0.25, -0.2) is 4.98 Å². The molecule has 0 aliphatic rings. The molecule has 1 rings (SSSR count). The van der Waals surface area contributed by atoms with Crippen molar-refractivity contribution in [2.24, 2.45) is 0 Å². The molecule has 0 aliphatic carbocycles. The van der Waals surface area contributed by atoms with Crippen LogP contribution in [-0.4, -0.2) is 11.3 Å². The quantitative estimate of drug-likeness (QED) is 0.329. The number of aromatic nitrogens is 1. The summed E-state index contributed by atoms with van der Waals surface area (Å²) in [5, 5.41) is 0.321. The zero-order chi connectivity index (χ0) is 8.10. The fourth-order valence-corrected chi connectivity index (χ4v) is 0.753. The van der Waals surface area contributed by atoms with E-state index in [-0.39, 0.29) is 0 Å². The number of nitrogens with zero attached hydrogens (tertiary/aromatic N) is 1. The van der Waals surface area contributed by atoms with E-state index >= 15 is 0 Å². The molecular weight excluding hydrogens is 162 g/mol. The summed E-state index contributed by atoms with van der Waals surface area (Å²) in [7, 11) is 0. The van der Waals surface area contributed by atoms with Gasteiger partial charge in [-0.15, -0.1) is 0 Å². The highest BCUT2D eigenvalue weighted by atomic mass is 35.5. The largest absolute Gasteiger partial charge is 0.289 e. The average molecular weight is 166 g/mol. The lowest BCUT2D eigenvalue weighted by Gasteiger charge is -1.89. The van der Waals surface area contributed by atoms with Crippen LogP contribution in [0.5, 0.6) is 0 Å². The van der Waals surface area contributed by atoms with E-state index in [4.69, 9.17) is 11.6 Å². The second-order valence-corrected chi connectivity index (χ2v) is 2.09. The zero-order valence-electron chi connectivity index (χ0n) is 5.54. The Morgan fingerprint density at radius 3 is 3.09 bits per heavy atom. The Morgan fingerprint density at radius 2 is 2.45 bits per heavy atom. The van der Waals surface area contributed by atoms with E-state index in [0.717, 1.165) is 0 Å². The third-order valence-corrected chi connectivity index (χ3v) is 1.33. The van der Waals surface area contributed by atoms with Crippen LogP contribution >= 0.6 is 11.6 Å². The monoisotopic (exact) mass is 165 g/mol. The summed E-state index contributed by atoms with van der Waals surface area (Å²) in [4.78, 5) is 13.6. The van der Waals surface area contributed by atoms with Crippen molar-refractivity contribution < 1.29 is 4.79 Å². The number of hydrogen-bond donors (Lipinski definition) is 0. The average Bonchev–Trinajstić information content (AvgIpc) is 2.03. The number of carbonyl (C=O) groups excluding carboxylic acids is 1. The first kappa shape index (κ1) is 7.77. The Hall–Kier alpha value is -1.33. The summed E-state index contributed by atoms with van der Waals surface area (Å²) in [6.45, 7) is 0. The van der Waals surface area contributed by atoms with E-state index in [9.17, 15) is 4.79 Å². The van der Waals surface area contributed by atoms with Gasteiger partial charge in [0.1, 0.15) is 5.15 Å². The summed E-state index contributed by atoms with van der Waals surface area (Å²) in [5.74, 6) is 4.80. The minimum Gasteiger partial charge on any atom is -0.289 e. The zero-order valence-corrected chi connectivity index (χ0v) is 6.30. The van der Waals surface area contributed by atoms with Crippen molar-refractivity contribution in [1.29, 1.82) is 0 Å². The summed E-state index contributed by atoms with van der Waals surface area (Å²) in [6.07, 6.45) is 2.08. The molecule has 3 heteroatoms. The molecule has 54 valence electrons. The van der Waals surface area contributed by atoms with Gasteiger partial charge in [0, 0.05) is 6.20 Å². The van der Waals surface area contributed by atoms with Crippen LogP contribution in [0.3, 0.4) is 0 Å². The van der Waals surface area contributed by atoms with Gasteiger partial charge in [0.25, 0.3) is 0 Å². The molecule has 0 saturated heterocycles. The van der Waals surface area contributed by atoms with Crippen LogP contribution in [0, 0.1) is 11.8 Å². The van der Waals surface area contributed by atoms with Gasteiger partial charge >= 0.3 is 0 Å². The Bertz CT molecular complexity index is 324. The molecule has 1 heterocycles. The van der Waals surface area contributed by atoms with E-state index < -0.39 is 0 Å². The fraction of sp³-hybridized carbons (Fsp3) is 0. The molecule has 2 nitrogen and oxygen atoms in total. The van der Waals surface area contributed by atoms with Crippen molar-refractivity contribution in [3.05, 3.63) is 29.0 Å². The maximum absolute atomic E-state index is 9.85. The number of rotatable bonds is 0. The molecule has 0 aliphatic heterocycles. The minimum absolute atomic E-state index is 0.321. The van der Waals surface area contributed by atoms with E-state index in [1.54, 1.807) is 18.3 Å². The molecule has 11 heavy (non-hydrogen) atoms. The molecule has 1 aromatic heterocycles. The lowest BCUT2D eigenvalue weighted by atomic mass is 10.3. The van der Waals surface area contributed by atoms with E-state index in [1.807, 2.05) is 0 Å². The van der Waals surface area contributed by atoms with Crippen molar-refractivity contribution in [1.82, 2.24) is 4.98 Å². The molecule has 0 fully saturated rings. The Morgan fingerprint density at radius 1 is 1.64 bits per heavy atom. The van der Waals surface area contributed by atoms with E-state index in [1.165, 1.54) is 0 Å². The van der Waals surface area contributed by atoms with Crippen molar-refractivity contribution in [2.45, 2.75) is 0 Å². The Labute approximate surface area is 69.2 Å². The van der Waals surface area contributed by atoms with E-state index in [2.05, 4.69) is 16.8 Å². The second-order valence-electron chi connectivity index (χ2n) is 1.73. The first-order valence-electron chi connectivity index (χ1n) is 2.90. The molecule has 0 bridgehead atoms. The number of pyridine rings is 1. The van der Waals surface area contributed by atoms with Crippen LogP contribution in [-0.2, 0) is 4.79 Å². The first-order chi connectivity index (χ1) is 5.34. The lowest BCUT2D eigenvalue weighted by molar-refractivity contribution is -0.103. The molecule has 0 N–H and O–H groups in total. The molecule has 0 amide bonds. The third kappa shape index (κ3) is 2.06. The van der Waals surface area contributed by atoms with Gasteiger partial charge in [0.15, 0.2) is 6.29 Å². The normalized spacial score (nSPS) is 8.09. The minimum atomic E-state index is 0.321. The summed E-state index contributed by atoms with van der Waals surface area (Å²) in [6, 6.07) is 3.41. The third-order valence-electron chi connectivity index (χ3n) is 1.02. The highest BCUT2D eigenvalue weighted by molar-refractivity contribution is 6.30. The molecule has 0 radical (unpaired) electrons. The predicted octanol–water partition coefficient (Wildman–Crippen LogP) is 1.29. The Kier molecular flexibility index (Phi) is 2.65. The van der Waals surface area contributed by atoms with Crippen LogP contribution in [0.25, 0.3) is 0 Å². The fourth-order valence-electron chi connectivity index (χ4n) is 0.586. The summed E-state index contributed by atoms with van der Waals surface area (Å²) in [5.41, 5.74) is 0.571.